The second kappa shape index (κ2) is 15.8. The Morgan fingerprint density at radius 2 is 1.43 bits per heavy atom. The van der Waals surface area contributed by atoms with Crippen molar-refractivity contribution in [2.24, 2.45) is 0 Å². The molecule has 0 aromatic heterocycles. The van der Waals surface area contributed by atoms with Gasteiger partial charge in [-0.15, -0.1) is 0 Å². The maximum atomic E-state index is 8.56. The minimum absolute atomic E-state index is 0. The molecule has 0 saturated heterocycles. The van der Waals surface area contributed by atoms with Gasteiger partial charge in [0.25, 0.3) is 0 Å². The summed E-state index contributed by atoms with van der Waals surface area (Å²) in [6, 6.07) is 0. The zero-order valence-electron chi connectivity index (χ0n) is 4.49. The van der Waals surface area contributed by atoms with Gasteiger partial charge in [-0.05, 0) is 0 Å². The Labute approximate surface area is 75.2 Å². The first-order valence-electron chi connectivity index (χ1n) is 0.651. The molecule has 0 bridgehead atoms. The summed E-state index contributed by atoms with van der Waals surface area (Å²) in [6.45, 7) is 0. The molecule has 0 heterocycles. The van der Waals surface area contributed by atoms with Crippen molar-refractivity contribution in [3.63, 3.8) is 0 Å². The van der Waals surface area contributed by atoms with Gasteiger partial charge in [0.1, 0.15) is 0 Å². The summed E-state index contributed by atoms with van der Waals surface area (Å²) in [5, 5.41) is 13.9. The van der Waals surface area contributed by atoms with E-state index in [1.807, 2.05) is 0 Å². The molecule has 0 aliphatic rings. The predicted molar refractivity (Wildman–Crippen MR) is 11.8 cm³/mol. The van der Waals surface area contributed by atoms with Crippen LogP contribution in [-0.4, -0.2) is 16.4 Å². The van der Waals surface area contributed by atoms with E-state index in [4.69, 9.17) is 15.0 Å². The third-order valence-corrected chi connectivity index (χ3v) is 0. The summed E-state index contributed by atoms with van der Waals surface area (Å²) >= 11 is 0. The van der Waals surface area contributed by atoms with E-state index in [1.165, 1.54) is 0 Å². The minimum atomic E-state index is -1.83. The van der Waals surface area contributed by atoms with E-state index in [1.54, 1.807) is 0 Å². The number of rotatable bonds is 0. The van der Waals surface area contributed by atoms with Crippen molar-refractivity contribution in [3.8, 4) is 0 Å². The zero-order valence-corrected chi connectivity index (χ0v) is 5.63. The van der Waals surface area contributed by atoms with Gasteiger partial charge in [0.05, 0.1) is 0 Å². The molecule has 0 aromatic rings. The van der Waals surface area contributed by atoms with E-state index < -0.39 is 6.16 Å². The first kappa shape index (κ1) is 24.7. The van der Waals surface area contributed by atoms with Gasteiger partial charge >= 0.3 is 25.0 Å². The summed E-state index contributed by atoms with van der Waals surface area (Å²) in [5.41, 5.74) is 0. The summed E-state index contributed by atoms with van der Waals surface area (Å²) in [6.07, 6.45) is -1.83. The Morgan fingerprint density at radius 1 is 1.43 bits per heavy atom. The van der Waals surface area contributed by atoms with Crippen LogP contribution in [0.4, 0.5) is 4.79 Å². The van der Waals surface area contributed by atoms with Crippen LogP contribution >= 0.6 is 0 Å². The van der Waals surface area contributed by atoms with Crippen molar-refractivity contribution in [3.05, 3.63) is 0 Å². The molecular formula is CH3CoFeLiO3. The fraction of sp³-hybridized carbons (Fsp3) is 0. The molecule has 0 fully saturated rings. The molecule has 0 aliphatic carbocycles. The van der Waals surface area contributed by atoms with Gasteiger partial charge in [-0.25, -0.2) is 4.79 Å². The first-order chi connectivity index (χ1) is 1.73. The van der Waals surface area contributed by atoms with E-state index in [9.17, 15) is 0 Å². The Hall–Kier alpha value is 0.893. The maximum Gasteiger partial charge on any atom is 1.00 e. The summed E-state index contributed by atoms with van der Waals surface area (Å²) in [4.78, 5) is 8.56. The molecule has 3 nitrogen and oxygen atoms in total. The standard InChI is InChI=1S/CH2O3.Co.Fe.Li.H/c2-1(3)4;;;;/h(H2,2,3,4);;;;/q;;;+1;-1. The Balaban J connectivity index is -0.00000000750. The molecule has 0 saturated carbocycles. The van der Waals surface area contributed by atoms with Crippen molar-refractivity contribution in [1.82, 2.24) is 0 Å². The van der Waals surface area contributed by atoms with Gasteiger partial charge < -0.3 is 11.6 Å². The fourth-order valence-electron chi connectivity index (χ4n) is 0. The largest absolute Gasteiger partial charge is 1.00 e. The van der Waals surface area contributed by atoms with Crippen molar-refractivity contribution in [2.45, 2.75) is 0 Å². The monoisotopic (exact) mass is 185 g/mol. The third kappa shape index (κ3) is 207. The number of hydrogen-bond acceptors (Lipinski definition) is 1. The summed E-state index contributed by atoms with van der Waals surface area (Å²) in [5.74, 6) is 0. The normalized spacial score (nSPS) is 3.43. The quantitative estimate of drug-likeness (QED) is 0.404. The summed E-state index contributed by atoms with van der Waals surface area (Å²) in [7, 11) is 0. The van der Waals surface area contributed by atoms with Crippen LogP contribution < -0.4 is 18.9 Å². The molecule has 0 aliphatic heterocycles. The first-order valence-corrected chi connectivity index (χ1v) is 0.651. The van der Waals surface area contributed by atoms with Crippen LogP contribution in [0.2, 0.25) is 0 Å². The Morgan fingerprint density at radius 3 is 1.43 bits per heavy atom. The van der Waals surface area contributed by atoms with Gasteiger partial charge in [-0.2, -0.15) is 0 Å². The van der Waals surface area contributed by atoms with E-state index in [2.05, 4.69) is 0 Å². The summed E-state index contributed by atoms with van der Waals surface area (Å²) < 4.78 is 0. The van der Waals surface area contributed by atoms with Crippen LogP contribution in [0.25, 0.3) is 0 Å². The van der Waals surface area contributed by atoms with Gasteiger partial charge in [-0.1, -0.05) is 0 Å². The van der Waals surface area contributed by atoms with Gasteiger partial charge in [0.2, 0.25) is 0 Å². The molecule has 0 aromatic carbocycles. The predicted octanol–water partition coefficient (Wildman–Crippen LogP) is -2.67. The topological polar surface area (TPSA) is 57.5 Å². The molecule has 7 heavy (non-hydrogen) atoms. The molecule has 0 rings (SSSR count). The fourth-order valence-corrected chi connectivity index (χ4v) is 0. The number of carbonyl (C=O) groups is 1. The van der Waals surface area contributed by atoms with Crippen molar-refractivity contribution in [2.75, 3.05) is 0 Å². The molecule has 1 radical (unpaired) electrons. The molecular weight excluding hydrogens is 182 g/mol. The molecule has 2 N–H and O–H groups in total. The molecule has 0 unspecified atom stereocenters. The molecule has 0 spiro atoms. The van der Waals surface area contributed by atoms with Gasteiger partial charge in [-0.3, -0.25) is 0 Å². The van der Waals surface area contributed by atoms with Crippen molar-refractivity contribution in [1.29, 1.82) is 0 Å². The molecule has 6 heteroatoms. The van der Waals surface area contributed by atoms with E-state index in [0.717, 1.165) is 0 Å². The average molecular weight is 185 g/mol. The van der Waals surface area contributed by atoms with Crippen molar-refractivity contribution < 1.29 is 69.1 Å². The Bertz CT molecular complexity index is 42.3. The molecule has 0 amide bonds. The number of hydrogen-bond donors (Lipinski definition) is 2. The van der Waals surface area contributed by atoms with Crippen LogP contribution in [0.1, 0.15) is 1.43 Å². The second-order valence-corrected chi connectivity index (χ2v) is 0.283. The maximum absolute atomic E-state index is 8.56. The SMILES string of the molecule is O=C(O)O.[Co].[Fe].[H-].[Li+]. The van der Waals surface area contributed by atoms with Crippen LogP contribution in [0.5, 0.6) is 0 Å². The van der Waals surface area contributed by atoms with Crippen LogP contribution in [0.15, 0.2) is 0 Å². The van der Waals surface area contributed by atoms with Crippen molar-refractivity contribution >= 4 is 6.16 Å². The second-order valence-electron chi connectivity index (χ2n) is 0.283. The average Bonchev–Trinajstić information content (AvgIpc) is 0.811. The smallest absolute Gasteiger partial charge is 1.00 e. The van der Waals surface area contributed by atoms with Gasteiger partial charge in [0, 0.05) is 33.8 Å². The molecule has 43 valence electrons. The zero-order chi connectivity index (χ0) is 3.58. The third-order valence-electron chi connectivity index (χ3n) is 0. The van der Waals surface area contributed by atoms with E-state index in [0.29, 0.717) is 0 Å². The minimum Gasteiger partial charge on any atom is -1.00 e. The van der Waals surface area contributed by atoms with E-state index >= 15 is 0 Å². The van der Waals surface area contributed by atoms with Crippen LogP contribution in [0, 0.1) is 0 Å². The van der Waals surface area contributed by atoms with E-state index in [-0.39, 0.29) is 54.1 Å². The number of carboxylic acid groups (broad SMARTS) is 2. The van der Waals surface area contributed by atoms with Crippen LogP contribution in [0.3, 0.4) is 0 Å². The van der Waals surface area contributed by atoms with Gasteiger partial charge in [0.15, 0.2) is 0 Å². The van der Waals surface area contributed by atoms with Crippen LogP contribution in [-0.2, 0) is 33.8 Å². The molecule has 0 atom stereocenters. The Kier molecular flexibility index (Phi) is 55.8.